The minimum atomic E-state index is 0.708. The third-order valence-corrected chi connectivity index (χ3v) is 4.17. The molecule has 0 aromatic carbocycles. The molecule has 0 aromatic heterocycles. The van der Waals surface area contributed by atoms with Gasteiger partial charge in [-0.15, -0.1) is 0 Å². The molecule has 2 fully saturated rings. The quantitative estimate of drug-likeness (QED) is 0.610. The zero-order valence-electron chi connectivity index (χ0n) is 12.4. The molecule has 1 saturated carbocycles. The molecule has 1 aliphatic carbocycles. The molecule has 2 aliphatic rings. The summed E-state index contributed by atoms with van der Waals surface area (Å²) in [5.41, 5.74) is 0. The molecule has 4 heteroatoms. The third-order valence-electron chi connectivity index (χ3n) is 4.17. The first kappa shape index (κ1) is 15.2. The van der Waals surface area contributed by atoms with Crippen LogP contribution in [-0.4, -0.2) is 64.1 Å². The molecule has 0 spiro atoms. The molecule has 1 saturated heterocycles. The van der Waals surface area contributed by atoms with Crippen molar-refractivity contribution in [2.75, 3.05) is 53.1 Å². The molecule has 1 aliphatic heterocycles. The van der Waals surface area contributed by atoms with Crippen LogP contribution in [0.15, 0.2) is 0 Å². The molecule has 1 heterocycles. The van der Waals surface area contributed by atoms with Gasteiger partial charge in [0.1, 0.15) is 0 Å². The summed E-state index contributed by atoms with van der Waals surface area (Å²) >= 11 is 0. The molecular weight excluding hydrogens is 240 g/mol. The Bertz CT molecular complexity index is 226. The summed E-state index contributed by atoms with van der Waals surface area (Å²) in [5, 5.41) is 3.66. The molecule has 0 amide bonds. The topological polar surface area (TPSA) is 33.7 Å². The van der Waals surface area contributed by atoms with Gasteiger partial charge >= 0.3 is 0 Å². The maximum absolute atomic E-state index is 5.50. The number of hydrogen-bond acceptors (Lipinski definition) is 4. The fourth-order valence-corrected chi connectivity index (χ4v) is 2.67. The molecule has 19 heavy (non-hydrogen) atoms. The number of rotatable bonds is 10. The number of hydrogen-bond donors (Lipinski definition) is 1. The molecule has 2 rings (SSSR count). The van der Waals surface area contributed by atoms with Crippen molar-refractivity contribution in [3.05, 3.63) is 0 Å². The molecule has 1 N–H and O–H groups in total. The largest absolute Gasteiger partial charge is 0.382 e. The molecule has 0 unspecified atom stereocenters. The Morgan fingerprint density at radius 3 is 2.53 bits per heavy atom. The van der Waals surface area contributed by atoms with Gasteiger partial charge in [0.15, 0.2) is 0 Å². The number of nitrogens with zero attached hydrogens (tertiary/aromatic N) is 1. The maximum atomic E-state index is 5.50. The van der Waals surface area contributed by atoms with E-state index in [0.29, 0.717) is 6.61 Å². The summed E-state index contributed by atoms with van der Waals surface area (Å²) in [6, 6.07) is 0.863. The normalized spacial score (nSPS) is 21.9. The average molecular weight is 270 g/mol. The van der Waals surface area contributed by atoms with Crippen LogP contribution in [0.4, 0.5) is 0 Å². The van der Waals surface area contributed by atoms with Crippen LogP contribution >= 0.6 is 0 Å². The van der Waals surface area contributed by atoms with Gasteiger partial charge in [0, 0.05) is 26.3 Å². The van der Waals surface area contributed by atoms with Crippen LogP contribution < -0.4 is 5.32 Å². The van der Waals surface area contributed by atoms with Gasteiger partial charge in [0.25, 0.3) is 0 Å². The van der Waals surface area contributed by atoms with Gasteiger partial charge in [-0.05, 0) is 57.7 Å². The number of ether oxygens (including phenoxy) is 2. The van der Waals surface area contributed by atoms with E-state index >= 15 is 0 Å². The Balaban J connectivity index is 1.42. The van der Waals surface area contributed by atoms with E-state index in [1.807, 2.05) is 0 Å². The summed E-state index contributed by atoms with van der Waals surface area (Å²) in [7, 11) is 1.71. The monoisotopic (exact) mass is 270 g/mol. The van der Waals surface area contributed by atoms with Gasteiger partial charge in [0.05, 0.1) is 13.2 Å². The van der Waals surface area contributed by atoms with Crippen LogP contribution in [0.1, 0.15) is 32.1 Å². The van der Waals surface area contributed by atoms with Crippen molar-refractivity contribution in [1.82, 2.24) is 10.2 Å². The number of likely N-dealkylation sites (tertiary alicyclic amines) is 1. The van der Waals surface area contributed by atoms with Gasteiger partial charge in [-0.3, -0.25) is 0 Å². The Morgan fingerprint density at radius 2 is 1.84 bits per heavy atom. The second-order valence-corrected chi connectivity index (χ2v) is 5.93. The zero-order valence-corrected chi connectivity index (χ0v) is 12.4. The first-order chi connectivity index (χ1) is 9.38. The Morgan fingerprint density at radius 1 is 1.05 bits per heavy atom. The van der Waals surface area contributed by atoms with Crippen molar-refractivity contribution in [2.24, 2.45) is 5.92 Å². The van der Waals surface area contributed by atoms with Crippen LogP contribution in [-0.2, 0) is 9.47 Å². The lowest BCUT2D eigenvalue weighted by Gasteiger charge is -2.32. The predicted octanol–water partition coefficient (Wildman–Crippen LogP) is 1.50. The lowest BCUT2D eigenvalue weighted by Crippen LogP contribution is -2.38. The molecule has 112 valence electrons. The highest BCUT2D eigenvalue weighted by atomic mass is 16.5. The number of nitrogens with one attached hydrogen (secondary N) is 1. The zero-order chi connectivity index (χ0) is 13.3. The van der Waals surface area contributed by atoms with Gasteiger partial charge < -0.3 is 19.7 Å². The summed E-state index contributed by atoms with van der Waals surface area (Å²) < 4.78 is 10.4. The average Bonchev–Trinajstić information content (AvgIpc) is 3.26. The van der Waals surface area contributed by atoms with Crippen molar-refractivity contribution in [3.8, 4) is 0 Å². The number of piperidine rings is 1. The van der Waals surface area contributed by atoms with Crippen molar-refractivity contribution in [3.63, 3.8) is 0 Å². The second-order valence-electron chi connectivity index (χ2n) is 5.93. The highest BCUT2D eigenvalue weighted by Gasteiger charge is 2.24. The fourth-order valence-electron chi connectivity index (χ4n) is 2.67. The summed E-state index contributed by atoms with van der Waals surface area (Å²) in [4.78, 5) is 2.59. The maximum Gasteiger partial charge on any atom is 0.0700 e. The van der Waals surface area contributed by atoms with E-state index in [9.17, 15) is 0 Å². The fraction of sp³-hybridized carbons (Fsp3) is 1.00. The summed E-state index contributed by atoms with van der Waals surface area (Å²) in [6.07, 6.45) is 6.69. The standard InChI is InChI=1S/C15H30N2O2/c1-18-11-12-19-10-2-7-17-8-5-14(6-9-17)13-16-15-3-4-15/h14-16H,2-13H2,1H3. The van der Waals surface area contributed by atoms with Crippen molar-refractivity contribution >= 4 is 0 Å². The van der Waals surface area contributed by atoms with Gasteiger partial charge in [-0.1, -0.05) is 0 Å². The first-order valence-electron chi connectivity index (χ1n) is 7.91. The van der Waals surface area contributed by atoms with E-state index in [-0.39, 0.29) is 0 Å². The number of methoxy groups -OCH3 is 1. The third kappa shape index (κ3) is 6.70. The highest BCUT2D eigenvalue weighted by molar-refractivity contribution is 4.83. The molecule has 0 atom stereocenters. The van der Waals surface area contributed by atoms with E-state index < -0.39 is 0 Å². The van der Waals surface area contributed by atoms with Crippen LogP contribution in [0.5, 0.6) is 0 Å². The van der Waals surface area contributed by atoms with Crippen molar-refractivity contribution in [1.29, 1.82) is 0 Å². The highest BCUT2D eigenvalue weighted by Crippen LogP contribution is 2.21. The van der Waals surface area contributed by atoms with Crippen LogP contribution in [0, 0.1) is 5.92 Å². The summed E-state index contributed by atoms with van der Waals surface area (Å²) in [6.45, 7) is 7.29. The first-order valence-corrected chi connectivity index (χ1v) is 7.91. The van der Waals surface area contributed by atoms with E-state index in [0.717, 1.165) is 31.6 Å². The van der Waals surface area contributed by atoms with E-state index in [2.05, 4.69) is 10.2 Å². The minimum absolute atomic E-state index is 0.708. The van der Waals surface area contributed by atoms with Gasteiger partial charge in [0.2, 0.25) is 0 Å². The molecular formula is C15H30N2O2. The van der Waals surface area contributed by atoms with Crippen LogP contribution in [0.3, 0.4) is 0 Å². The lowest BCUT2D eigenvalue weighted by atomic mass is 9.96. The van der Waals surface area contributed by atoms with Crippen molar-refractivity contribution < 1.29 is 9.47 Å². The van der Waals surface area contributed by atoms with Gasteiger partial charge in [-0.2, -0.15) is 0 Å². The second kappa shape index (κ2) is 8.90. The summed E-state index contributed by atoms with van der Waals surface area (Å²) in [5.74, 6) is 0.912. The molecule has 4 nitrogen and oxygen atoms in total. The minimum Gasteiger partial charge on any atom is -0.382 e. The smallest absolute Gasteiger partial charge is 0.0700 e. The Labute approximate surface area is 117 Å². The lowest BCUT2D eigenvalue weighted by molar-refractivity contribution is 0.0630. The molecule has 0 bridgehead atoms. The van der Waals surface area contributed by atoms with E-state index in [1.54, 1.807) is 7.11 Å². The molecule has 0 aromatic rings. The SMILES string of the molecule is COCCOCCCN1CCC(CNC2CC2)CC1. The van der Waals surface area contributed by atoms with E-state index in [1.165, 1.54) is 51.9 Å². The predicted molar refractivity (Wildman–Crippen MR) is 77.5 cm³/mol. The van der Waals surface area contributed by atoms with Crippen molar-refractivity contribution in [2.45, 2.75) is 38.1 Å². The van der Waals surface area contributed by atoms with Crippen LogP contribution in [0.2, 0.25) is 0 Å². The van der Waals surface area contributed by atoms with Gasteiger partial charge in [-0.25, -0.2) is 0 Å². The Kier molecular flexibility index (Phi) is 7.14. The van der Waals surface area contributed by atoms with E-state index in [4.69, 9.17) is 9.47 Å². The van der Waals surface area contributed by atoms with Crippen LogP contribution in [0.25, 0.3) is 0 Å². The molecule has 0 radical (unpaired) electrons. The Hall–Kier alpha value is -0.160.